The highest BCUT2D eigenvalue weighted by Crippen LogP contribution is 2.30. The summed E-state index contributed by atoms with van der Waals surface area (Å²) >= 11 is 0. The van der Waals surface area contributed by atoms with Crippen molar-refractivity contribution in [3.63, 3.8) is 0 Å². The Morgan fingerprint density at radius 3 is 2.20 bits per heavy atom. The Morgan fingerprint density at radius 1 is 1.10 bits per heavy atom. The lowest BCUT2D eigenvalue weighted by molar-refractivity contribution is -0.386. The van der Waals surface area contributed by atoms with Crippen molar-refractivity contribution in [1.82, 2.24) is 9.78 Å². The van der Waals surface area contributed by atoms with E-state index in [1.807, 2.05) is 0 Å². The Balaban J connectivity index is 1.69. The zero-order valence-corrected chi connectivity index (χ0v) is 16.0. The van der Waals surface area contributed by atoms with Crippen molar-refractivity contribution >= 4 is 17.3 Å². The number of alkyl halides is 3. The molecule has 0 spiro atoms. The fourth-order valence-corrected chi connectivity index (χ4v) is 2.99. The van der Waals surface area contributed by atoms with Crippen molar-refractivity contribution in [3.8, 4) is 0 Å². The summed E-state index contributed by atoms with van der Waals surface area (Å²) in [6.45, 7) is 3.47. The summed E-state index contributed by atoms with van der Waals surface area (Å²) in [7, 11) is 0. The van der Waals surface area contributed by atoms with Gasteiger partial charge >= 0.3 is 11.9 Å². The Morgan fingerprint density at radius 2 is 1.70 bits per heavy atom. The van der Waals surface area contributed by atoms with Gasteiger partial charge < -0.3 is 5.32 Å². The zero-order valence-electron chi connectivity index (χ0n) is 16.0. The van der Waals surface area contributed by atoms with E-state index in [4.69, 9.17) is 0 Å². The van der Waals surface area contributed by atoms with E-state index in [2.05, 4.69) is 10.4 Å². The van der Waals surface area contributed by atoms with Crippen LogP contribution < -0.4 is 5.32 Å². The zero-order chi connectivity index (χ0) is 22.1. The lowest BCUT2D eigenvalue weighted by atomic mass is 10.1. The standard InChI is InChI=1S/C20H17F3N4O3/c1-12-18(27(29)30)13(2)26(25-12)11-14-3-5-15(6-4-14)19(28)24-17-9-7-16(8-10-17)20(21,22)23/h3-10H,11H2,1-2H3,(H,24,28). The number of nitrogens with zero attached hydrogens (tertiary/aromatic N) is 3. The molecule has 0 unspecified atom stereocenters. The molecule has 1 aromatic heterocycles. The van der Waals surface area contributed by atoms with Gasteiger partial charge in [-0.2, -0.15) is 18.3 Å². The number of rotatable bonds is 5. The molecule has 10 heteroatoms. The van der Waals surface area contributed by atoms with Crippen LogP contribution in [-0.4, -0.2) is 20.6 Å². The van der Waals surface area contributed by atoms with Gasteiger partial charge in [0.15, 0.2) is 0 Å². The molecule has 3 aromatic rings. The van der Waals surface area contributed by atoms with Crippen LogP contribution in [-0.2, 0) is 12.7 Å². The van der Waals surface area contributed by atoms with Crippen LogP contribution in [0.25, 0.3) is 0 Å². The third-order valence-electron chi connectivity index (χ3n) is 4.54. The minimum absolute atomic E-state index is 0.0254. The second-order valence-corrected chi connectivity index (χ2v) is 6.66. The third kappa shape index (κ3) is 4.48. The largest absolute Gasteiger partial charge is 0.416 e. The van der Waals surface area contributed by atoms with Gasteiger partial charge in [-0.15, -0.1) is 0 Å². The molecule has 0 atom stereocenters. The number of anilines is 1. The molecular formula is C20H17F3N4O3. The van der Waals surface area contributed by atoms with Crippen LogP contribution in [0.3, 0.4) is 0 Å². The molecule has 30 heavy (non-hydrogen) atoms. The maximum Gasteiger partial charge on any atom is 0.416 e. The fourth-order valence-electron chi connectivity index (χ4n) is 2.99. The highest BCUT2D eigenvalue weighted by atomic mass is 19.4. The number of nitro groups is 1. The predicted octanol–water partition coefficient (Wildman–Crippen LogP) is 4.73. The number of aryl methyl sites for hydroxylation is 1. The lowest BCUT2D eigenvalue weighted by Gasteiger charge is -2.09. The van der Waals surface area contributed by atoms with Crippen LogP contribution in [0.4, 0.5) is 24.5 Å². The molecule has 0 aliphatic carbocycles. The summed E-state index contributed by atoms with van der Waals surface area (Å²) in [5.41, 5.74) is 1.27. The van der Waals surface area contributed by atoms with E-state index >= 15 is 0 Å². The number of carbonyl (C=O) groups excluding carboxylic acids is 1. The van der Waals surface area contributed by atoms with Gasteiger partial charge in [0.25, 0.3) is 5.91 Å². The first kappa shape index (κ1) is 21.0. The Labute approximate surface area is 169 Å². The van der Waals surface area contributed by atoms with Crippen molar-refractivity contribution in [2.75, 3.05) is 5.32 Å². The smallest absolute Gasteiger partial charge is 0.322 e. The average Bonchev–Trinajstić information content (AvgIpc) is 2.95. The first-order valence-corrected chi connectivity index (χ1v) is 8.82. The Hall–Kier alpha value is -3.69. The minimum Gasteiger partial charge on any atom is -0.322 e. The normalized spacial score (nSPS) is 11.4. The summed E-state index contributed by atoms with van der Waals surface area (Å²) in [6, 6.07) is 10.7. The molecule has 2 aromatic carbocycles. The maximum atomic E-state index is 12.6. The molecule has 3 rings (SSSR count). The molecule has 0 fully saturated rings. The second kappa shape index (κ2) is 7.97. The van der Waals surface area contributed by atoms with Crippen LogP contribution in [0.2, 0.25) is 0 Å². The molecule has 156 valence electrons. The number of carbonyl (C=O) groups is 1. The number of aromatic nitrogens is 2. The molecule has 0 aliphatic rings. The van der Waals surface area contributed by atoms with Crippen LogP contribution >= 0.6 is 0 Å². The van der Waals surface area contributed by atoms with E-state index in [-0.39, 0.29) is 11.4 Å². The van der Waals surface area contributed by atoms with Crippen molar-refractivity contribution in [1.29, 1.82) is 0 Å². The van der Waals surface area contributed by atoms with E-state index in [1.165, 1.54) is 16.8 Å². The topological polar surface area (TPSA) is 90.1 Å². The van der Waals surface area contributed by atoms with Gasteiger partial charge in [-0.25, -0.2) is 0 Å². The van der Waals surface area contributed by atoms with Gasteiger partial charge in [-0.05, 0) is 55.8 Å². The first-order chi connectivity index (χ1) is 14.1. The molecule has 0 bridgehead atoms. The molecule has 0 aliphatic heterocycles. The molecule has 7 nitrogen and oxygen atoms in total. The van der Waals surface area contributed by atoms with E-state index in [0.717, 1.165) is 17.7 Å². The van der Waals surface area contributed by atoms with Gasteiger partial charge in [0.1, 0.15) is 11.4 Å². The maximum absolute atomic E-state index is 12.6. The van der Waals surface area contributed by atoms with Crippen molar-refractivity contribution in [2.24, 2.45) is 0 Å². The predicted molar refractivity (Wildman–Crippen MR) is 103 cm³/mol. The molecule has 1 N–H and O–H groups in total. The first-order valence-electron chi connectivity index (χ1n) is 8.82. The number of hydrogen-bond donors (Lipinski definition) is 1. The number of hydrogen-bond acceptors (Lipinski definition) is 4. The summed E-state index contributed by atoms with van der Waals surface area (Å²) in [5, 5.41) is 17.8. The van der Waals surface area contributed by atoms with Crippen molar-refractivity contribution < 1.29 is 22.9 Å². The number of benzene rings is 2. The van der Waals surface area contributed by atoms with Gasteiger partial charge in [0, 0.05) is 11.3 Å². The van der Waals surface area contributed by atoms with Crippen molar-refractivity contribution in [2.45, 2.75) is 26.6 Å². The summed E-state index contributed by atoms with van der Waals surface area (Å²) in [6.07, 6.45) is -4.44. The number of amides is 1. The molecule has 0 saturated heterocycles. The summed E-state index contributed by atoms with van der Waals surface area (Å²) in [4.78, 5) is 22.9. The van der Waals surface area contributed by atoms with Crippen LogP contribution in [0.15, 0.2) is 48.5 Å². The molecular weight excluding hydrogens is 401 g/mol. The van der Waals surface area contributed by atoms with Crippen molar-refractivity contribution in [3.05, 3.63) is 86.7 Å². The van der Waals surface area contributed by atoms with Crippen LogP contribution in [0.5, 0.6) is 0 Å². The minimum atomic E-state index is -4.44. The highest BCUT2D eigenvalue weighted by Gasteiger charge is 2.30. The monoisotopic (exact) mass is 418 g/mol. The van der Waals surface area contributed by atoms with Crippen LogP contribution in [0.1, 0.15) is 32.9 Å². The number of halogens is 3. The third-order valence-corrected chi connectivity index (χ3v) is 4.54. The van der Waals surface area contributed by atoms with E-state index < -0.39 is 22.6 Å². The summed E-state index contributed by atoms with van der Waals surface area (Å²) < 4.78 is 39.3. The highest BCUT2D eigenvalue weighted by molar-refractivity contribution is 6.04. The SMILES string of the molecule is Cc1nn(Cc2ccc(C(=O)Nc3ccc(C(F)(F)F)cc3)cc2)c(C)c1[N+](=O)[O-]. The fraction of sp³-hybridized carbons (Fsp3) is 0.200. The Bertz CT molecular complexity index is 1090. The van der Waals surface area contributed by atoms with Gasteiger partial charge in [-0.3, -0.25) is 19.6 Å². The van der Waals surface area contributed by atoms with E-state index in [9.17, 15) is 28.1 Å². The van der Waals surface area contributed by atoms with Gasteiger partial charge in [-0.1, -0.05) is 12.1 Å². The van der Waals surface area contributed by atoms with Crippen LogP contribution in [0, 0.1) is 24.0 Å². The molecule has 1 heterocycles. The summed E-state index contributed by atoms with van der Waals surface area (Å²) in [5.74, 6) is -0.469. The Kier molecular flexibility index (Phi) is 5.59. The van der Waals surface area contributed by atoms with E-state index in [1.54, 1.807) is 38.1 Å². The molecule has 1 amide bonds. The molecule has 0 radical (unpaired) electrons. The average molecular weight is 418 g/mol. The van der Waals surface area contributed by atoms with Gasteiger partial charge in [0.2, 0.25) is 0 Å². The number of nitrogens with one attached hydrogen (secondary N) is 1. The quantitative estimate of drug-likeness (QED) is 0.479. The lowest BCUT2D eigenvalue weighted by Crippen LogP contribution is -2.12. The second-order valence-electron chi connectivity index (χ2n) is 6.66. The van der Waals surface area contributed by atoms with Gasteiger partial charge in [0.05, 0.1) is 17.0 Å². The van der Waals surface area contributed by atoms with E-state index in [0.29, 0.717) is 23.5 Å². The molecule has 0 saturated carbocycles.